The molecule has 0 aromatic rings. The van der Waals surface area contributed by atoms with E-state index < -0.39 is 0 Å². The molecule has 1 heterocycles. The average Bonchev–Trinajstić information content (AvgIpc) is 2.49. The van der Waals surface area contributed by atoms with Crippen LogP contribution in [-0.4, -0.2) is 30.0 Å². The van der Waals surface area contributed by atoms with Crippen molar-refractivity contribution in [1.29, 1.82) is 0 Å². The van der Waals surface area contributed by atoms with Crippen molar-refractivity contribution in [3.05, 3.63) is 0 Å². The van der Waals surface area contributed by atoms with E-state index in [1.54, 1.807) is 0 Å². The number of carbonyl (C=O) groups is 1. The van der Waals surface area contributed by atoms with Crippen molar-refractivity contribution in [2.75, 3.05) is 6.61 Å². The van der Waals surface area contributed by atoms with Crippen LogP contribution in [0.4, 0.5) is 0 Å². The molecule has 15 heavy (non-hydrogen) atoms. The first-order chi connectivity index (χ1) is 6.99. The van der Waals surface area contributed by atoms with Crippen LogP contribution in [0, 0.1) is 5.92 Å². The number of hydrogen-bond donors (Lipinski definition) is 1. The Balaban J connectivity index is 2.29. The molecular weight excluding hydrogens is 214 g/mol. The molecule has 1 aliphatic rings. The van der Waals surface area contributed by atoms with Crippen molar-refractivity contribution in [2.24, 2.45) is 5.92 Å². The van der Waals surface area contributed by atoms with Gasteiger partial charge in [-0.15, -0.1) is 11.6 Å². The quantitative estimate of drug-likeness (QED) is 0.754. The van der Waals surface area contributed by atoms with Gasteiger partial charge >= 0.3 is 0 Å². The molecule has 1 N–H and O–H groups in total. The summed E-state index contributed by atoms with van der Waals surface area (Å²) < 4.78 is 5.36. The van der Waals surface area contributed by atoms with Crippen LogP contribution in [0.2, 0.25) is 0 Å². The minimum Gasteiger partial charge on any atom is -0.378 e. The Hall–Kier alpha value is -0.280. The molecule has 1 rings (SSSR count). The number of nitrogens with one attached hydrogen (secondary N) is 1. The molecule has 0 aromatic carbocycles. The molecule has 0 radical (unpaired) electrons. The molecule has 4 atom stereocenters. The zero-order chi connectivity index (χ0) is 11.4. The molecule has 1 aliphatic heterocycles. The maximum absolute atomic E-state index is 11.7. The van der Waals surface area contributed by atoms with Crippen molar-refractivity contribution >= 4 is 17.5 Å². The lowest BCUT2D eigenvalue weighted by atomic mass is 10.0. The molecule has 0 aromatic heterocycles. The largest absolute Gasteiger partial charge is 0.378 e. The van der Waals surface area contributed by atoms with Crippen LogP contribution in [-0.2, 0) is 9.53 Å². The van der Waals surface area contributed by atoms with Gasteiger partial charge in [0.25, 0.3) is 0 Å². The molecule has 1 fully saturated rings. The number of hydrogen-bond acceptors (Lipinski definition) is 2. The first-order valence-electron chi connectivity index (χ1n) is 5.55. The van der Waals surface area contributed by atoms with E-state index in [-0.39, 0.29) is 29.3 Å². The van der Waals surface area contributed by atoms with Crippen LogP contribution in [0.25, 0.3) is 0 Å². The monoisotopic (exact) mass is 233 g/mol. The van der Waals surface area contributed by atoms with Crippen molar-refractivity contribution in [3.63, 3.8) is 0 Å². The molecule has 0 bridgehead atoms. The third-order valence-electron chi connectivity index (χ3n) is 2.64. The summed E-state index contributed by atoms with van der Waals surface area (Å²) in [6.07, 6.45) is 1.84. The van der Waals surface area contributed by atoms with Crippen molar-refractivity contribution < 1.29 is 9.53 Å². The Bertz CT molecular complexity index is 221. The smallest absolute Gasteiger partial charge is 0.225 e. The van der Waals surface area contributed by atoms with Crippen LogP contribution < -0.4 is 5.32 Å². The second kappa shape index (κ2) is 5.71. The van der Waals surface area contributed by atoms with Gasteiger partial charge in [0.15, 0.2) is 0 Å². The summed E-state index contributed by atoms with van der Waals surface area (Å²) in [5, 5.41) is 3.07. The predicted octanol–water partition coefficient (Wildman–Crippen LogP) is 1.93. The van der Waals surface area contributed by atoms with Gasteiger partial charge in [0, 0.05) is 11.4 Å². The third kappa shape index (κ3) is 4.39. The van der Waals surface area contributed by atoms with Gasteiger partial charge in [0.05, 0.1) is 18.6 Å². The lowest BCUT2D eigenvalue weighted by molar-refractivity contribution is -0.125. The van der Waals surface area contributed by atoms with E-state index in [0.29, 0.717) is 6.61 Å². The topological polar surface area (TPSA) is 38.3 Å². The van der Waals surface area contributed by atoms with Crippen LogP contribution in [0.5, 0.6) is 0 Å². The van der Waals surface area contributed by atoms with E-state index in [9.17, 15) is 4.79 Å². The molecule has 4 unspecified atom stereocenters. The summed E-state index contributed by atoms with van der Waals surface area (Å²) in [6.45, 7) is 6.47. The molecule has 4 heteroatoms. The highest BCUT2D eigenvalue weighted by Crippen LogP contribution is 2.19. The number of amides is 1. The number of ether oxygens (including phenoxy) is 1. The van der Waals surface area contributed by atoms with E-state index in [1.807, 2.05) is 20.8 Å². The highest BCUT2D eigenvalue weighted by molar-refractivity contribution is 6.20. The summed E-state index contributed by atoms with van der Waals surface area (Å²) in [5.41, 5.74) is 0. The van der Waals surface area contributed by atoms with Gasteiger partial charge in [0.2, 0.25) is 5.91 Å². The first kappa shape index (κ1) is 12.8. The zero-order valence-corrected chi connectivity index (χ0v) is 10.4. The summed E-state index contributed by atoms with van der Waals surface area (Å²) in [4.78, 5) is 11.7. The van der Waals surface area contributed by atoms with Gasteiger partial charge in [-0.2, -0.15) is 0 Å². The van der Waals surface area contributed by atoms with E-state index in [4.69, 9.17) is 16.3 Å². The van der Waals surface area contributed by atoms with E-state index >= 15 is 0 Å². The fourth-order valence-corrected chi connectivity index (χ4v) is 2.17. The standard InChI is InChI=1S/C11H20ClNO2/c1-7(12)4-8(2)13-11(14)10-5-9(3)15-6-10/h7-10H,4-6H2,1-3H3,(H,13,14). The highest BCUT2D eigenvalue weighted by Gasteiger charge is 2.28. The van der Waals surface area contributed by atoms with Gasteiger partial charge in [-0.1, -0.05) is 0 Å². The van der Waals surface area contributed by atoms with Crippen LogP contribution in [0.1, 0.15) is 33.6 Å². The zero-order valence-electron chi connectivity index (χ0n) is 9.63. The maximum Gasteiger partial charge on any atom is 0.225 e. The summed E-state index contributed by atoms with van der Waals surface area (Å²) >= 11 is 5.86. The Labute approximate surface area is 96.5 Å². The minimum absolute atomic E-state index is 0.0214. The van der Waals surface area contributed by atoms with E-state index in [0.717, 1.165) is 12.8 Å². The van der Waals surface area contributed by atoms with Crippen LogP contribution in [0.3, 0.4) is 0 Å². The Morgan fingerprint density at radius 2 is 2.27 bits per heavy atom. The number of carbonyl (C=O) groups excluding carboxylic acids is 1. The van der Waals surface area contributed by atoms with E-state index in [2.05, 4.69) is 5.32 Å². The average molecular weight is 234 g/mol. The fourth-order valence-electron chi connectivity index (χ4n) is 1.91. The van der Waals surface area contributed by atoms with Gasteiger partial charge in [-0.05, 0) is 33.6 Å². The molecule has 0 spiro atoms. The number of halogens is 1. The normalized spacial score (nSPS) is 29.9. The summed E-state index contributed by atoms with van der Waals surface area (Å²) in [7, 11) is 0. The summed E-state index contributed by atoms with van der Waals surface area (Å²) in [6, 6.07) is 0.140. The van der Waals surface area contributed by atoms with E-state index in [1.165, 1.54) is 0 Å². The Kier molecular flexibility index (Phi) is 4.87. The first-order valence-corrected chi connectivity index (χ1v) is 5.98. The molecule has 3 nitrogen and oxygen atoms in total. The van der Waals surface area contributed by atoms with Gasteiger partial charge < -0.3 is 10.1 Å². The van der Waals surface area contributed by atoms with Crippen LogP contribution in [0.15, 0.2) is 0 Å². The highest BCUT2D eigenvalue weighted by atomic mass is 35.5. The molecule has 1 amide bonds. The molecule has 1 saturated heterocycles. The van der Waals surface area contributed by atoms with Gasteiger partial charge in [-0.3, -0.25) is 4.79 Å². The lowest BCUT2D eigenvalue weighted by Gasteiger charge is -2.17. The SMILES string of the molecule is CC(Cl)CC(C)NC(=O)C1COC(C)C1. The lowest BCUT2D eigenvalue weighted by Crippen LogP contribution is -2.38. The Morgan fingerprint density at radius 3 is 2.73 bits per heavy atom. The van der Waals surface area contributed by atoms with Gasteiger partial charge in [0.1, 0.15) is 0 Å². The maximum atomic E-state index is 11.7. The number of alkyl halides is 1. The predicted molar refractivity (Wildman–Crippen MR) is 61.1 cm³/mol. The molecule has 88 valence electrons. The second-order valence-corrected chi connectivity index (χ2v) is 5.25. The molecular formula is C11H20ClNO2. The molecule has 0 aliphatic carbocycles. The second-order valence-electron chi connectivity index (χ2n) is 4.50. The number of rotatable bonds is 4. The fraction of sp³-hybridized carbons (Fsp3) is 0.909. The third-order valence-corrected chi connectivity index (χ3v) is 2.81. The van der Waals surface area contributed by atoms with Crippen LogP contribution >= 0.6 is 11.6 Å². The van der Waals surface area contributed by atoms with Crippen molar-refractivity contribution in [3.8, 4) is 0 Å². The van der Waals surface area contributed by atoms with Crippen molar-refractivity contribution in [1.82, 2.24) is 5.32 Å². The molecule has 0 saturated carbocycles. The van der Waals surface area contributed by atoms with Gasteiger partial charge in [-0.25, -0.2) is 0 Å². The van der Waals surface area contributed by atoms with Crippen molar-refractivity contribution in [2.45, 2.75) is 51.1 Å². The Morgan fingerprint density at radius 1 is 1.60 bits per heavy atom. The minimum atomic E-state index is 0.0214. The summed E-state index contributed by atoms with van der Waals surface area (Å²) in [5.74, 6) is 0.122.